The molecule has 0 spiro atoms. The van der Waals surface area contributed by atoms with Crippen molar-refractivity contribution in [2.75, 3.05) is 6.54 Å². The summed E-state index contributed by atoms with van der Waals surface area (Å²) in [6.07, 6.45) is 6.93. The van der Waals surface area contributed by atoms with Crippen molar-refractivity contribution in [3.8, 4) is 0 Å². The standard InChI is InChI=1S/C9H10Cl3N3O/c1-15-6-13-5-7(15)3-2-4-14-8(16)9(10,11)12/h2-3,5-6H,4H2,1H3,(H,14,16)/b3-2-. The molecular formula is C9H10Cl3N3O. The molecule has 16 heavy (non-hydrogen) atoms. The topological polar surface area (TPSA) is 46.9 Å². The van der Waals surface area contributed by atoms with Crippen LogP contribution in [0.25, 0.3) is 6.08 Å². The smallest absolute Gasteiger partial charge is 0.272 e. The van der Waals surface area contributed by atoms with Crippen LogP contribution < -0.4 is 5.32 Å². The average Bonchev–Trinajstić information content (AvgIpc) is 2.57. The van der Waals surface area contributed by atoms with Gasteiger partial charge in [0.15, 0.2) is 0 Å². The van der Waals surface area contributed by atoms with Gasteiger partial charge in [-0.05, 0) is 6.08 Å². The fourth-order valence-electron chi connectivity index (χ4n) is 0.960. The van der Waals surface area contributed by atoms with Crippen LogP contribution in [0.4, 0.5) is 0 Å². The van der Waals surface area contributed by atoms with Gasteiger partial charge in [-0.15, -0.1) is 0 Å². The Balaban J connectivity index is 2.40. The number of halogens is 3. The zero-order chi connectivity index (χ0) is 12.2. The summed E-state index contributed by atoms with van der Waals surface area (Å²) in [4.78, 5) is 15.1. The highest BCUT2D eigenvalue weighted by atomic mass is 35.6. The fourth-order valence-corrected chi connectivity index (χ4v) is 1.16. The summed E-state index contributed by atoms with van der Waals surface area (Å²) in [6, 6.07) is 0. The molecule has 0 aliphatic heterocycles. The molecule has 1 aromatic heterocycles. The summed E-state index contributed by atoms with van der Waals surface area (Å²) < 4.78 is -0.0758. The van der Waals surface area contributed by atoms with Crippen molar-refractivity contribution in [3.63, 3.8) is 0 Å². The third kappa shape index (κ3) is 4.04. The van der Waals surface area contributed by atoms with Crippen LogP contribution in [-0.2, 0) is 11.8 Å². The van der Waals surface area contributed by atoms with Crippen molar-refractivity contribution in [2.24, 2.45) is 7.05 Å². The first-order valence-corrected chi connectivity index (χ1v) is 5.52. The Labute approximate surface area is 108 Å². The Kier molecular flexibility index (Phi) is 4.65. The molecule has 0 aromatic carbocycles. The van der Waals surface area contributed by atoms with Crippen LogP contribution in [0.1, 0.15) is 5.69 Å². The molecule has 0 bridgehead atoms. The third-order valence-corrected chi connectivity index (χ3v) is 2.30. The van der Waals surface area contributed by atoms with Gasteiger partial charge in [0.1, 0.15) is 0 Å². The van der Waals surface area contributed by atoms with Gasteiger partial charge in [0.2, 0.25) is 0 Å². The number of hydrogen-bond donors (Lipinski definition) is 1. The molecule has 88 valence electrons. The van der Waals surface area contributed by atoms with Crippen LogP contribution in [0.5, 0.6) is 0 Å². The van der Waals surface area contributed by atoms with Crippen molar-refractivity contribution in [2.45, 2.75) is 3.79 Å². The normalized spacial score (nSPS) is 12.0. The molecule has 0 aliphatic rings. The van der Waals surface area contributed by atoms with Crippen LogP contribution >= 0.6 is 34.8 Å². The molecule has 1 heterocycles. The van der Waals surface area contributed by atoms with E-state index in [0.717, 1.165) is 5.69 Å². The summed E-state index contributed by atoms with van der Waals surface area (Å²) in [5.74, 6) is -0.646. The molecule has 4 nitrogen and oxygen atoms in total. The molecule has 0 radical (unpaired) electrons. The molecule has 0 unspecified atom stereocenters. The Bertz CT molecular complexity index is 395. The zero-order valence-corrected chi connectivity index (χ0v) is 10.7. The first-order chi connectivity index (χ1) is 7.41. The zero-order valence-electron chi connectivity index (χ0n) is 8.45. The Morgan fingerprint density at radius 3 is 2.81 bits per heavy atom. The number of aromatic nitrogens is 2. The lowest BCUT2D eigenvalue weighted by Gasteiger charge is -2.09. The SMILES string of the molecule is Cn1cncc1/C=C\CNC(=O)C(Cl)(Cl)Cl. The lowest BCUT2D eigenvalue weighted by molar-refractivity contribution is -0.120. The summed E-state index contributed by atoms with van der Waals surface area (Å²) in [5.41, 5.74) is 0.920. The second kappa shape index (κ2) is 5.57. The lowest BCUT2D eigenvalue weighted by atomic mass is 10.4. The molecule has 0 aliphatic carbocycles. The van der Waals surface area contributed by atoms with E-state index in [2.05, 4.69) is 10.3 Å². The number of aryl methyl sites for hydroxylation is 1. The van der Waals surface area contributed by atoms with Gasteiger partial charge in [0, 0.05) is 13.6 Å². The summed E-state index contributed by atoms with van der Waals surface area (Å²) in [7, 11) is 1.87. The monoisotopic (exact) mass is 281 g/mol. The maximum Gasteiger partial charge on any atom is 0.272 e. The number of carbonyl (C=O) groups excluding carboxylic acids is 1. The maximum atomic E-state index is 11.1. The predicted molar refractivity (Wildman–Crippen MR) is 65.5 cm³/mol. The van der Waals surface area contributed by atoms with E-state index in [1.54, 1.807) is 18.6 Å². The van der Waals surface area contributed by atoms with Gasteiger partial charge in [0.05, 0.1) is 18.2 Å². The first-order valence-electron chi connectivity index (χ1n) is 4.39. The van der Waals surface area contributed by atoms with Crippen LogP contribution in [-0.4, -0.2) is 25.8 Å². The van der Waals surface area contributed by atoms with Gasteiger partial charge in [0.25, 0.3) is 9.70 Å². The second-order valence-electron chi connectivity index (χ2n) is 3.04. The van der Waals surface area contributed by atoms with Crippen LogP contribution in [0.2, 0.25) is 0 Å². The highest BCUT2D eigenvalue weighted by Gasteiger charge is 2.29. The van der Waals surface area contributed by atoms with E-state index >= 15 is 0 Å². The van der Waals surface area contributed by atoms with Gasteiger partial charge in [-0.1, -0.05) is 40.9 Å². The highest BCUT2D eigenvalue weighted by molar-refractivity contribution is 6.76. The van der Waals surface area contributed by atoms with Crippen LogP contribution in [0.3, 0.4) is 0 Å². The highest BCUT2D eigenvalue weighted by Crippen LogP contribution is 2.25. The van der Waals surface area contributed by atoms with E-state index in [9.17, 15) is 4.79 Å². The van der Waals surface area contributed by atoms with Gasteiger partial charge in [-0.2, -0.15) is 0 Å². The van der Waals surface area contributed by atoms with Crippen molar-refractivity contribution < 1.29 is 4.79 Å². The minimum absolute atomic E-state index is 0.290. The molecule has 1 aromatic rings. The van der Waals surface area contributed by atoms with E-state index < -0.39 is 9.70 Å². The first kappa shape index (κ1) is 13.4. The Morgan fingerprint density at radius 1 is 1.62 bits per heavy atom. The number of nitrogens with one attached hydrogen (secondary N) is 1. The average molecular weight is 283 g/mol. The third-order valence-electron chi connectivity index (χ3n) is 1.78. The molecule has 1 rings (SSSR count). The van der Waals surface area contributed by atoms with Crippen LogP contribution in [0, 0.1) is 0 Å². The number of amides is 1. The molecule has 0 fully saturated rings. The molecule has 0 saturated carbocycles. The molecule has 1 amide bonds. The van der Waals surface area contributed by atoms with E-state index in [0.29, 0.717) is 0 Å². The lowest BCUT2D eigenvalue weighted by Crippen LogP contribution is -2.34. The van der Waals surface area contributed by atoms with E-state index in [1.807, 2.05) is 17.7 Å². The van der Waals surface area contributed by atoms with Crippen molar-refractivity contribution in [1.82, 2.24) is 14.9 Å². The molecule has 1 N–H and O–H groups in total. The summed E-state index contributed by atoms with van der Waals surface area (Å²) >= 11 is 16.1. The van der Waals surface area contributed by atoms with Gasteiger partial charge < -0.3 is 9.88 Å². The summed E-state index contributed by atoms with van der Waals surface area (Å²) in [5, 5.41) is 2.45. The van der Waals surface area contributed by atoms with E-state index in [-0.39, 0.29) is 6.54 Å². The van der Waals surface area contributed by atoms with Gasteiger partial charge in [-0.25, -0.2) is 4.98 Å². The van der Waals surface area contributed by atoms with Gasteiger partial charge in [-0.3, -0.25) is 4.79 Å². The van der Waals surface area contributed by atoms with Crippen molar-refractivity contribution in [1.29, 1.82) is 0 Å². The number of carbonyl (C=O) groups is 1. The summed E-state index contributed by atoms with van der Waals surface area (Å²) in [6.45, 7) is 0.290. The second-order valence-corrected chi connectivity index (χ2v) is 5.32. The van der Waals surface area contributed by atoms with E-state index in [4.69, 9.17) is 34.8 Å². The number of rotatable bonds is 3. The number of alkyl halides is 3. The van der Waals surface area contributed by atoms with Crippen molar-refractivity contribution >= 4 is 46.8 Å². The predicted octanol–water partition coefficient (Wildman–Crippen LogP) is 1.92. The van der Waals surface area contributed by atoms with Crippen LogP contribution in [0.15, 0.2) is 18.6 Å². The quantitative estimate of drug-likeness (QED) is 0.861. The molecule has 7 heteroatoms. The molecular weight excluding hydrogens is 272 g/mol. The number of hydrogen-bond acceptors (Lipinski definition) is 2. The van der Waals surface area contributed by atoms with Crippen molar-refractivity contribution in [3.05, 3.63) is 24.3 Å². The van der Waals surface area contributed by atoms with Gasteiger partial charge >= 0.3 is 0 Å². The maximum absolute atomic E-state index is 11.1. The fraction of sp³-hybridized carbons (Fsp3) is 0.333. The number of imidazole rings is 1. The number of nitrogens with zero attached hydrogens (tertiary/aromatic N) is 2. The minimum Gasteiger partial charge on any atom is -0.349 e. The minimum atomic E-state index is -1.92. The Hall–Kier alpha value is -0.710. The van der Waals surface area contributed by atoms with E-state index in [1.165, 1.54) is 0 Å². The molecule has 0 atom stereocenters. The molecule has 0 saturated heterocycles. The largest absolute Gasteiger partial charge is 0.349 e. The Morgan fingerprint density at radius 2 is 2.31 bits per heavy atom.